The van der Waals surface area contributed by atoms with Crippen molar-refractivity contribution in [1.82, 2.24) is 0 Å². The van der Waals surface area contributed by atoms with Gasteiger partial charge >= 0.3 is 5.97 Å². The second kappa shape index (κ2) is 18.3. The summed E-state index contributed by atoms with van der Waals surface area (Å²) in [4.78, 5) is 20.2. The molecule has 0 heterocycles. The predicted octanol–water partition coefficient (Wildman–Crippen LogP) is 3.48. The minimum absolute atomic E-state index is 0.0700. The Balaban J connectivity index is 0. The average Bonchev–Trinajstić information content (AvgIpc) is 2.37. The fourth-order valence-corrected chi connectivity index (χ4v) is 1.15. The van der Waals surface area contributed by atoms with E-state index in [1.54, 1.807) is 0 Å². The Hall–Kier alpha value is -1.06. The molecule has 0 aliphatic heterocycles. The minimum atomic E-state index is -0.0700. The summed E-state index contributed by atoms with van der Waals surface area (Å²) in [6, 6.07) is 0. The molecule has 0 aliphatic rings. The van der Waals surface area contributed by atoms with E-state index in [-0.39, 0.29) is 5.97 Å². The smallest absolute Gasteiger partial charge is 0.305 e. The molecule has 0 radical (unpaired) electrons. The zero-order valence-electron chi connectivity index (χ0n) is 12.1. The van der Waals surface area contributed by atoms with Crippen LogP contribution >= 0.6 is 0 Å². The van der Waals surface area contributed by atoms with Gasteiger partial charge in [0.15, 0.2) is 0 Å². The molecule has 0 N–H and O–H groups in total. The first-order valence-electron chi connectivity index (χ1n) is 6.93. The Morgan fingerprint density at radius 2 is 1.67 bits per heavy atom. The maximum atomic E-state index is 10.6. The molecular formula is C14H28O4. The number of unbranched alkanes of at least 4 members (excludes halogenated alkanes) is 3. The van der Waals surface area contributed by atoms with Crippen LogP contribution in [0.15, 0.2) is 0 Å². The monoisotopic (exact) mass is 260 g/mol. The van der Waals surface area contributed by atoms with Crippen molar-refractivity contribution in [1.29, 1.82) is 0 Å². The van der Waals surface area contributed by atoms with Crippen LogP contribution in [0.1, 0.15) is 65.7 Å². The van der Waals surface area contributed by atoms with Crippen molar-refractivity contribution in [3.63, 3.8) is 0 Å². The van der Waals surface area contributed by atoms with E-state index in [0.717, 1.165) is 19.3 Å². The summed E-state index contributed by atoms with van der Waals surface area (Å²) in [6.45, 7) is 7.77. The molecule has 0 amide bonds. The molecule has 0 aliphatic carbocycles. The lowest BCUT2D eigenvalue weighted by atomic mass is 10.2. The van der Waals surface area contributed by atoms with Crippen molar-refractivity contribution >= 4 is 12.4 Å². The van der Waals surface area contributed by atoms with Gasteiger partial charge in [-0.05, 0) is 19.3 Å². The molecule has 0 saturated heterocycles. The summed E-state index contributed by atoms with van der Waals surface area (Å²) in [5, 5.41) is 0. The number of esters is 1. The van der Waals surface area contributed by atoms with Crippen LogP contribution in [-0.2, 0) is 19.1 Å². The molecule has 0 atom stereocenters. The lowest BCUT2D eigenvalue weighted by Gasteiger charge is -1.99. The van der Waals surface area contributed by atoms with E-state index in [9.17, 15) is 9.59 Å². The number of carbonyl (C=O) groups is 2. The standard InChI is InChI=1S/2C7H14O2/c1-3-5-7(8)9-6-4-2;1-2-3-4-5-6-9-7-8/h3-6H2,1-2H3;7H,2-6H2,1H3. The Morgan fingerprint density at radius 1 is 0.944 bits per heavy atom. The van der Waals surface area contributed by atoms with Gasteiger partial charge in [-0.3, -0.25) is 9.59 Å². The van der Waals surface area contributed by atoms with E-state index in [2.05, 4.69) is 11.7 Å². The van der Waals surface area contributed by atoms with Crippen LogP contribution in [0.4, 0.5) is 0 Å². The molecule has 0 rings (SSSR count). The molecule has 0 saturated carbocycles. The molecule has 0 fully saturated rings. The Labute approximate surface area is 111 Å². The molecule has 4 nitrogen and oxygen atoms in total. The van der Waals surface area contributed by atoms with E-state index < -0.39 is 0 Å². The number of ether oxygens (including phenoxy) is 2. The highest BCUT2D eigenvalue weighted by Gasteiger charge is 1.96. The topological polar surface area (TPSA) is 52.6 Å². The van der Waals surface area contributed by atoms with E-state index in [1.807, 2.05) is 13.8 Å². The third-order valence-corrected chi connectivity index (χ3v) is 2.11. The van der Waals surface area contributed by atoms with Gasteiger partial charge in [0.25, 0.3) is 6.47 Å². The molecule has 0 aromatic rings. The van der Waals surface area contributed by atoms with Crippen LogP contribution in [0.25, 0.3) is 0 Å². The van der Waals surface area contributed by atoms with Gasteiger partial charge in [0, 0.05) is 6.42 Å². The van der Waals surface area contributed by atoms with Gasteiger partial charge in [-0.15, -0.1) is 0 Å². The SMILES string of the molecule is CCCCCCOC=O.CCCOC(=O)CCC. The van der Waals surface area contributed by atoms with Crippen molar-refractivity contribution in [2.75, 3.05) is 13.2 Å². The first-order chi connectivity index (χ1) is 8.72. The molecule has 18 heavy (non-hydrogen) atoms. The van der Waals surface area contributed by atoms with Gasteiger partial charge in [0.1, 0.15) is 0 Å². The van der Waals surface area contributed by atoms with Gasteiger partial charge in [0.2, 0.25) is 0 Å². The second-order valence-corrected chi connectivity index (χ2v) is 4.00. The maximum absolute atomic E-state index is 10.6. The molecule has 0 aromatic heterocycles. The van der Waals surface area contributed by atoms with Crippen molar-refractivity contribution < 1.29 is 19.1 Å². The van der Waals surface area contributed by atoms with Crippen LogP contribution in [-0.4, -0.2) is 25.7 Å². The first-order valence-corrected chi connectivity index (χ1v) is 6.93. The Kier molecular flexibility index (Phi) is 19.6. The number of hydrogen-bond acceptors (Lipinski definition) is 4. The number of carbonyl (C=O) groups excluding carboxylic acids is 2. The summed E-state index contributed by atoms with van der Waals surface area (Å²) in [5.41, 5.74) is 0. The normalized spacial score (nSPS) is 9.06. The van der Waals surface area contributed by atoms with Crippen molar-refractivity contribution in [2.45, 2.75) is 65.7 Å². The Bertz CT molecular complexity index is 181. The van der Waals surface area contributed by atoms with Crippen LogP contribution < -0.4 is 0 Å². The number of rotatable bonds is 10. The molecule has 0 aromatic carbocycles. The largest absolute Gasteiger partial charge is 0.468 e. The van der Waals surface area contributed by atoms with Crippen LogP contribution in [0.2, 0.25) is 0 Å². The highest BCUT2D eigenvalue weighted by Crippen LogP contribution is 1.97. The van der Waals surface area contributed by atoms with E-state index in [4.69, 9.17) is 4.74 Å². The van der Waals surface area contributed by atoms with Gasteiger partial charge in [0.05, 0.1) is 13.2 Å². The van der Waals surface area contributed by atoms with Crippen LogP contribution in [0, 0.1) is 0 Å². The summed E-state index contributed by atoms with van der Waals surface area (Å²) < 4.78 is 9.29. The van der Waals surface area contributed by atoms with Crippen LogP contribution in [0.5, 0.6) is 0 Å². The molecule has 4 heteroatoms. The maximum Gasteiger partial charge on any atom is 0.305 e. The molecule has 108 valence electrons. The number of hydrogen-bond donors (Lipinski definition) is 0. The lowest BCUT2D eigenvalue weighted by molar-refractivity contribution is -0.143. The fourth-order valence-electron chi connectivity index (χ4n) is 1.15. The van der Waals surface area contributed by atoms with E-state index >= 15 is 0 Å². The van der Waals surface area contributed by atoms with Gasteiger partial charge in [-0.2, -0.15) is 0 Å². The first kappa shape index (κ1) is 19.3. The zero-order chi connectivity index (χ0) is 14.1. The summed E-state index contributed by atoms with van der Waals surface area (Å²) in [5.74, 6) is -0.0700. The molecule has 0 bridgehead atoms. The molecule has 0 spiro atoms. The summed E-state index contributed by atoms with van der Waals surface area (Å²) in [6.07, 6.45) is 6.98. The average molecular weight is 260 g/mol. The zero-order valence-corrected chi connectivity index (χ0v) is 12.1. The third-order valence-electron chi connectivity index (χ3n) is 2.11. The third kappa shape index (κ3) is 20.4. The summed E-state index contributed by atoms with van der Waals surface area (Å²) >= 11 is 0. The van der Waals surface area contributed by atoms with Crippen molar-refractivity contribution in [3.05, 3.63) is 0 Å². The highest BCUT2D eigenvalue weighted by molar-refractivity contribution is 5.69. The van der Waals surface area contributed by atoms with Gasteiger partial charge in [-0.1, -0.05) is 40.0 Å². The molecular weight excluding hydrogens is 232 g/mol. The van der Waals surface area contributed by atoms with E-state index in [1.165, 1.54) is 19.3 Å². The Morgan fingerprint density at radius 3 is 2.17 bits per heavy atom. The fraction of sp³-hybridized carbons (Fsp3) is 0.857. The lowest BCUT2D eigenvalue weighted by Crippen LogP contribution is -2.03. The summed E-state index contributed by atoms with van der Waals surface area (Å²) in [7, 11) is 0. The van der Waals surface area contributed by atoms with Crippen molar-refractivity contribution in [3.8, 4) is 0 Å². The minimum Gasteiger partial charge on any atom is -0.468 e. The van der Waals surface area contributed by atoms with Gasteiger partial charge in [-0.25, -0.2) is 0 Å². The van der Waals surface area contributed by atoms with E-state index in [0.29, 0.717) is 26.1 Å². The highest BCUT2D eigenvalue weighted by atomic mass is 16.5. The van der Waals surface area contributed by atoms with Gasteiger partial charge < -0.3 is 9.47 Å². The molecule has 0 unspecified atom stereocenters. The van der Waals surface area contributed by atoms with Crippen molar-refractivity contribution in [2.24, 2.45) is 0 Å². The van der Waals surface area contributed by atoms with Crippen LogP contribution in [0.3, 0.4) is 0 Å². The quantitative estimate of drug-likeness (QED) is 0.343. The second-order valence-electron chi connectivity index (χ2n) is 4.00. The predicted molar refractivity (Wildman–Crippen MR) is 72.3 cm³/mol.